The Hall–Kier alpha value is -2.04. The molecule has 110 valence electrons. The summed E-state index contributed by atoms with van der Waals surface area (Å²) in [6.07, 6.45) is 0.795. The SMILES string of the molecule is OC[C@@H](Cc1ccccc1)NCc1cccc2c1OCO2. The zero-order valence-corrected chi connectivity index (χ0v) is 11.8. The average Bonchev–Trinajstić information content (AvgIpc) is 3.01. The summed E-state index contributed by atoms with van der Waals surface area (Å²) < 4.78 is 10.9. The minimum absolute atomic E-state index is 0.0191. The van der Waals surface area contributed by atoms with Crippen LogP contribution in [0.15, 0.2) is 48.5 Å². The van der Waals surface area contributed by atoms with Gasteiger partial charge in [0.15, 0.2) is 11.5 Å². The highest BCUT2D eigenvalue weighted by atomic mass is 16.7. The lowest BCUT2D eigenvalue weighted by molar-refractivity contribution is 0.173. The predicted molar refractivity (Wildman–Crippen MR) is 80.4 cm³/mol. The zero-order chi connectivity index (χ0) is 14.5. The molecule has 4 heteroatoms. The first-order valence-electron chi connectivity index (χ1n) is 7.12. The van der Waals surface area contributed by atoms with Gasteiger partial charge < -0.3 is 19.9 Å². The Morgan fingerprint density at radius 3 is 2.71 bits per heavy atom. The number of hydrogen-bond acceptors (Lipinski definition) is 4. The van der Waals surface area contributed by atoms with E-state index in [2.05, 4.69) is 17.4 Å². The van der Waals surface area contributed by atoms with Gasteiger partial charge in [0, 0.05) is 18.2 Å². The number of benzene rings is 2. The number of para-hydroxylation sites is 1. The van der Waals surface area contributed by atoms with Crippen LogP contribution in [0.2, 0.25) is 0 Å². The van der Waals surface area contributed by atoms with Gasteiger partial charge in [0.2, 0.25) is 6.79 Å². The van der Waals surface area contributed by atoms with Crippen LogP contribution in [0.3, 0.4) is 0 Å². The third-order valence-electron chi connectivity index (χ3n) is 3.60. The van der Waals surface area contributed by atoms with Crippen LogP contribution in [0.5, 0.6) is 11.5 Å². The van der Waals surface area contributed by atoms with E-state index in [-0.39, 0.29) is 19.4 Å². The molecule has 2 aromatic rings. The van der Waals surface area contributed by atoms with Crippen LogP contribution in [0.25, 0.3) is 0 Å². The quantitative estimate of drug-likeness (QED) is 0.853. The Kier molecular flexibility index (Phi) is 4.38. The Balaban J connectivity index is 1.62. The van der Waals surface area contributed by atoms with E-state index in [0.717, 1.165) is 23.5 Å². The molecule has 0 spiro atoms. The van der Waals surface area contributed by atoms with Crippen molar-refractivity contribution in [3.63, 3.8) is 0 Å². The van der Waals surface area contributed by atoms with Gasteiger partial charge in [0.25, 0.3) is 0 Å². The van der Waals surface area contributed by atoms with Gasteiger partial charge in [0.1, 0.15) is 0 Å². The summed E-state index contributed by atoms with van der Waals surface area (Å²) in [7, 11) is 0. The molecule has 0 bridgehead atoms. The van der Waals surface area contributed by atoms with Gasteiger partial charge in [-0.2, -0.15) is 0 Å². The third-order valence-corrected chi connectivity index (χ3v) is 3.60. The first kappa shape index (κ1) is 13.9. The molecule has 1 aliphatic rings. The molecule has 4 nitrogen and oxygen atoms in total. The Bertz CT molecular complexity index is 586. The fourth-order valence-corrected chi connectivity index (χ4v) is 2.48. The summed E-state index contributed by atoms with van der Waals surface area (Å²) >= 11 is 0. The van der Waals surface area contributed by atoms with Gasteiger partial charge in [-0.05, 0) is 18.1 Å². The van der Waals surface area contributed by atoms with Crippen molar-refractivity contribution in [2.24, 2.45) is 0 Å². The maximum Gasteiger partial charge on any atom is 0.231 e. The maximum absolute atomic E-state index is 9.54. The summed E-state index contributed by atoms with van der Waals surface area (Å²) in [5.74, 6) is 1.60. The monoisotopic (exact) mass is 285 g/mol. The van der Waals surface area contributed by atoms with Crippen LogP contribution in [0.1, 0.15) is 11.1 Å². The van der Waals surface area contributed by atoms with E-state index < -0.39 is 0 Å². The van der Waals surface area contributed by atoms with E-state index in [9.17, 15) is 5.11 Å². The molecule has 0 saturated carbocycles. The average molecular weight is 285 g/mol. The van der Waals surface area contributed by atoms with Gasteiger partial charge in [-0.15, -0.1) is 0 Å². The van der Waals surface area contributed by atoms with Gasteiger partial charge in [-0.25, -0.2) is 0 Å². The lowest BCUT2D eigenvalue weighted by Gasteiger charge is -2.17. The number of fused-ring (bicyclic) bond motifs is 1. The fraction of sp³-hybridized carbons (Fsp3) is 0.294. The second-order valence-corrected chi connectivity index (χ2v) is 5.10. The number of nitrogens with one attached hydrogen (secondary N) is 1. The second kappa shape index (κ2) is 6.61. The Morgan fingerprint density at radius 1 is 1.05 bits per heavy atom. The number of aliphatic hydroxyl groups excluding tert-OH is 1. The fourth-order valence-electron chi connectivity index (χ4n) is 2.48. The van der Waals surface area contributed by atoms with Crippen molar-refractivity contribution in [1.29, 1.82) is 0 Å². The molecule has 0 amide bonds. The third kappa shape index (κ3) is 3.35. The van der Waals surface area contributed by atoms with Crippen molar-refractivity contribution in [1.82, 2.24) is 5.32 Å². The molecule has 3 rings (SSSR count). The van der Waals surface area contributed by atoms with Crippen LogP contribution >= 0.6 is 0 Å². The molecule has 0 saturated heterocycles. The minimum Gasteiger partial charge on any atom is -0.454 e. The standard InChI is InChI=1S/C17H19NO3/c19-11-15(9-13-5-2-1-3-6-13)18-10-14-7-4-8-16-17(14)21-12-20-16/h1-8,15,18-19H,9-12H2/t15-/m1/s1. The first-order chi connectivity index (χ1) is 10.4. The molecule has 1 heterocycles. The smallest absolute Gasteiger partial charge is 0.231 e. The molecule has 1 atom stereocenters. The van der Waals surface area contributed by atoms with Crippen LogP contribution in [-0.4, -0.2) is 24.5 Å². The first-order valence-corrected chi connectivity index (χ1v) is 7.12. The molecule has 0 radical (unpaired) electrons. The van der Waals surface area contributed by atoms with E-state index >= 15 is 0 Å². The van der Waals surface area contributed by atoms with Crippen LogP contribution in [-0.2, 0) is 13.0 Å². The van der Waals surface area contributed by atoms with Gasteiger partial charge in [0.05, 0.1) is 6.61 Å². The molecule has 2 N–H and O–H groups in total. The topological polar surface area (TPSA) is 50.7 Å². The highest BCUT2D eigenvalue weighted by Crippen LogP contribution is 2.35. The Morgan fingerprint density at radius 2 is 1.90 bits per heavy atom. The summed E-state index contributed by atoms with van der Waals surface area (Å²) in [4.78, 5) is 0. The normalized spacial score (nSPS) is 14.1. The molecule has 2 aromatic carbocycles. The number of rotatable bonds is 6. The molecular formula is C17H19NO3. The van der Waals surface area contributed by atoms with E-state index in [1.165, 1.54) is 5.56 Å². The summed E-state index contributed by atoms with van der Waals surface area (Å²) in [6, 6.07) is 16.0. The van der Waals surface area contributed by atoms with E-state index in [1.54, 1.807) is 0 Å². The van der Waals surface area contributed by atoms with E-state index in [0.29, 0.717) is 6.54 Å². The highest BCUT2D eigenvalue weighted by Gasteiger charge is 2.17. The summed E-state index contributed by atoms with van der Waals surface area (Å²) in [5.41, 5.74) is 2.26. The predicted octanol–water partition coefficient (Wildman–Crippen LogP) is 2.11. The second-order valence-electron chi connectivity index (χ2n) is 5.10. The Labute approximate surface area is 124 Å². The van der Waals surface area contributed by atoms with Crippen molar-refractivity contribution in [2.75, 3.05) is 13.4 Å². The van der Waals surface area contributed by atoms with Crippen molar-refractivity contribution in [3.05, 3.63) is 59.7 Å². The van der Waals surface area contributed by atoms with Crippen molar-refractivity contribution < 1.29 is 14.6 Å². The minimum atomic E-state index is 0.0191. The molecular weight excluding hydrogens is 266 g/mol. The molecule has 0 unspecified atom stereocenters. The van der Waals surface area contributed by atoms with Gasteiger partial charge >= 0.3 is 0 Å². The maximum atomic E-state index is 9.54. The lowest BCUT2D eigenvalue weighted by Crippen LogP contribution is -2.34. The lowest BCUT2D eigenvalue weighted by atomic mass is 10.1. The van der Waals surface area contributed by atoms with Crippen molar-refractivity contribution >= 4 is 0 Å². The number of aliphatic hydroxyl groups is 1. The summed E-state index contributed by atoms with van der Waals surface area (Å²) in [6.45, 7) is 1.02. The molecule has 0 aliphatic carbocycles. The van der Waals surface area contributed by atoms with Crippen LogP contribution in [0.4, 0.5) is 0 Å². The molecule has 0 fully saturated rings. The molecule has 1 aliphatic heterocycles. The van der Waals surface area contributed by atoms with E-state index in [1.807, 2.05) is 36.4 Å². The highest BCUT2D eigenvalue weighted by molar-refractivity contribution is 5.48. The van der Waals surface area contributed by atoms with Crippen LogP contribution < -0.4 is 14.8 Å². The summed E-state index contributed by atoms with van der Waals surface area (Å²) in [5, 5.41) is 12.9. The van der Waals surface area contributed by atoms with Gasteiger partial charge in [-0.3, -0.25) is 0 Å². The van der Waals surface area contributed by atoms with Crippen molar-refractivity contribution in [2.45, 2.75) is 19.0 Å². The van der Waals surface area contributed by atoms with Crippen molar-refractivity contribution in [3.8, 4) is 11.5 Å². The number of ether oxygens (including phenoxy) is 2. The van der Waals surface area contributed by atoms with Crippen LogP contribution in [0, 0.1) is 0 Å². The zero-order valence-electron chi connectivity index (χ0n) is 11.8. The molecule has 0 aromatic heterocycles. The molecule has 21 heavy (non-hydrogen) atoms. The largest absolute Gasteiger partial charge is 0.454 e. The number of hydrogen-bond donors (Lipinski definition) is 2. The van der Waals surface area contributed by atoms with E-state index in [4.69, 9.17) is 9.47 Å². The van der Waals surface area contributed by atoms with Gasteiger partial charge in [-0.1, -0.05) is 42.5 Å².